The van der Waals surface area contributed by atoms with Crippen LogP contribution in [0.15, 0.2) is 0 Å². The van der Waals surface area contributed by atoms with Crippen molar-refractivity contribution in [2.24, 2.45) is 0 Å². The van der Waals surface area contributed by atoms with Crippen molar-refractivity contribution in [3.63, 3.8) is 0 Å². The molecule has 0 aromatic heterocycles. The summed E-state index contributed by atoms with van der Waals surface area (Å²) >= 11 is 0. The Kier molecular flexibility index (Phi) is 6.41. The van der Waals surface area contributed by atoms with Crippen LogP contribution in [0.25, 0.3) is 0 Å². The summed E-state index contributed by atoms with van der Waals surface area (Å²) in [5.74, 6) is 4.32. The van der Waals surface area contributed by atoms with Gasteiger partial charge in [0, 0.05) is 0 Å². The molecule has 0 rings (SSSR count). The standard InChI is InChI=1S/C10H12N4O3/c1-4-6-12-9(15)14(8(11)17-3)10(16)13-7-5-2/h1-2,11H,6-7H2,3H3,(H,12,15)(H,13,16). The highest BCUT2D eigenvalue weighted by atomic mass is 16.5. The molecular formula is C10H12N4O3. The van der Waals surface area contributed by atoms with Gasteiger partial charge in [-0.05, 0) is 0 Å². The van der Waals surface area contributed by atoms with Gasteiger partial charge in [-0.1, -0.05) is 11.8 Å². The Balaban J connectivity index is 4.71. The number of carbonyl (C=O) groups is 2. The fourth-order valence-corrected chi connectivity index (χ4v) is 0.779. The van der Waals surface area contributed by atoms with Crippen LogP contribution >= 0.6 is 0 Å². The summed E-state index contributed by atoms with van der Waals surface area (Å²) in [5.41, 5.74) is 0. The van der Waals surface area contributed by atoms with E-state index >= 15 is 0 Å². The number of carbonyl (C=O) groups excluding carboxylic acids is 2. The van der Waals surface area contributed by atoms with Crippen molar-refractivity contribution in [3.05, 3.63) is 0 Å². The zero-order valence-electron chi connectivity index (χ0n) is 9.24. The van der Waals surface area contributed by atoms with Crippen molar-refractivity contribution in [2.75, 3.05) is 20.2 Å². The molecule has 7 nitrogen and oxygen atoms in total. The molecule has 3 N–H and O–H groups in total. The van der Waals surface area contributed by atoms with Crippen LogP contribution < -0.4 is 10.6 Å². The Morgan fingerprint density at radius 3 is 1.94 bits per heavy atom. The van der Waals surface area contributed by atoms with Gasteiger partial charge in [-0.3, -0.25) is 5.41 Å². The summed E-state index contributed by atoms with van der Waals surface area (Å²) in [5, 5.41) is 11.8. The highest BCUT2D eigenvalue weighted by Crippen LogP contribution is 1.94. The maximum Gasteiger partial charge on any atom is 0.334 e. The first-order valence-corrected chi connectivity index (χ1v) is 4.43. The van der Waals surface area contributed by atoms with Gasteiger partial charge in [-0.15, -0.1) is 12.8 Å². The average Bonchev–Trinajstić information content (AvgIpc) is 2.33. The van der Waals surface area contributed by atoms with Crippen molar-refractivity contribution < 1.29 is 14.3 Å². The molecule has 0 saturated heterocycles. The van der Waals surface area contributed by atoms with Crippen LogP contribution in [0.1, 0.15) is 0 Å². The molecule has 0 radical (unpaired) electrons. The van der Waals surface area contributed by atoms with Crippen LogP contribution in [-0.2, 0) is 4.74 Å². The largest absolute Gasteiger partial charge is 0.468 e. The summed E-state index contributed by atoms with van der Waals surface area (Å²) in [4.78, 5) is 23.4. The monoisotopic (exact) mass is 236 g/mol. The van der Waals surface area contributed by atoms with Gasteiger partial charge in [-0.2, -0.15) is 4.90 Å². The second-order valence-electron chi connectivity index (χ2n) is 2.57. The summed E-state index contributed by atoms with van der Waals surface area (Å²) in [6.45, 7) is -0.149. The van der Waals surface area contributed by atoms with Gasteiger partial charge in [0.25, 0.3) is 0 Å². The fraction of sp³-hybridized carbons (Fsp3) is 0.300. The third-order valence-electron chi connectivity index (χ3n) is 1.49. The second kappa shape index (κ2) is 7.60. The van der Waals surface area contributed by atoms with E-state index in [4.69, 9.17) is 18.3 Å². The number of nitrogens with zero attached hydrogens (tertiary/aromatic N) is 1. The average molecular weight is 236 g/mol. The van der Waals surface area contributed by atoms with Crippen LogP contribution in [0.2, 0.25) is 0 Å². The third-order valence-corrected chi connectivity index (χ3v) is 1.49. The van der Waals surface area contributed by atoms with Crippen molar-refractivity contribution in [2.45, 2.75) is 0 Å². The molecule has 0 saturated carbocycles. The van der Waals surface area contributed by atoms with Gasteiger partial charge in [0.05, 0.1) is 20.2 Å². The van der Waals surface area contributed by atoms with Gasteiger partial charge < -0.3 is 15.4 Å². The Labute approximate surface area is 99.0 Å². The molecule has 0 atom stereocenters. The molecule has 0 spiro atoms. The Bertz CT molecular complexity index is 361. The minimum atomic E-state index is -0.871. The lowest BCUT2D eigenvalue weighted by Crippen LogP contribution is -2.51. The van der Waals surface area contributed by atoms with E-state index in [9.17, 15) is 9.59 Å². The zero-order chi connectivity index (χ0) is 13.3. The SMILES string of the molecule is C#CCNC(=O)N(C(=N)OC)C(=O)NCC#C. The molecule has 4 amide bonds. The normalized spacial score (nSPS) is 8.18. The molecular weight excluding hydrogens is 224 g/mol. The number of terminal acetylenes is 2. The molecule has 0 aliphatic carbocycles. The summed E-state index contributed by atoms with van der Waals surface area (Å²) in [7, 11) is 1.15. The molecule has 90 valence electrons. The number of methoxy groups -OCH3 is 1. The molecule has 0 heterocycles. The number of nitrogens with one attached hydrogen (secondary N) is 3. The maximum atomic E-state index is 11.5. The van der Waals surface area contributed by atoms with Crippen LogP contribution in [0.4, 0.5) is 9.59 Å². The molecule has 0 aliphatic rings. The number of hydrogen-bond acceptors (Lipinski definition) is 4. The molecule has 0 unspecified atom stereocenters. The van der Waals surface area contributed by atoms with Crippen molar-refractivity contribution in [1.29, 1.82) is 5.41 Å². The quantitative estimate of drug-likeness (QED) is 0.344. The molecule has 7 heteroatoms. The number of hydrogen-bond donors (Lipinski definition) is 3. The second-order valence-corrected chi connectivity index (χ2v) is 2.57. The van der Waals surface area contributed by atoms with Crippen LogP contribution in [-0.4, -0.2) is 43.2 Å². The maximum absolute atomic E-state index is 11.5. The van der Waals surface area contributed by atoms with Crippen LogP contribution in [0.5, 0.6) is 0 Å². The first-order valence-electron chi connectivity index (χ1n) is 4.43. The first-order chi connectivity index (χ1) is 8.08. The summed E-state index contributed by atoms with van der Waals surface area (Å²) in [6.07, 6.45) is 9.89. The number of amidine groups is 1. The van der Waals surface area contributed by atoms with Gasteiger partial charge in [0.15, 0.2) is 0 Å². The van der Waals surface area contributed by atoms with Crippen LogP contribution in [0.3, 0.4) is 0 Å². The minimum absolute atomic E-state index is 0.0747. The van der Waals surface area contributed by atoms with E-state index in [1.165, 1.54) is 0 Å². The van der Waals surface area contributed by atoms with E-state index in [1.54, 1.807) is 0 Å². The number of amides is 4. The van der Waals surface area contributed by atoms with Crippen molar-refractivity contribution >= 4 is 18.1 Å². The Hall–Kier alpha value is -2.67. The Morgan fingerprint density at radius 2 is 1.65 bits per heavy atom. The van der Waals surface area contributed by atoms with E-state index < -0.39 is 18.1 Å². The van der Waals surface area contributed by atoms with Gasteiger partial charge in [-0.25, -0.2) is 9.59 Å². The predicted molar refractivity (Wildman–Crippen MR) is 61.0 cm³/mol. The van der Waals surface area contributed by atoms with Gasteiger partial charge in [0.1, 0.15) is 0 Å². The van der Waals surface area contributed by atoms with E-state index in [0.717, 1.165) is 7.11 Å². The predicted octanol–water partition coefficient (Wildman–Crippen LogP) is -0.445. The van der Waals surface area contributed by atoms with E-state index in [0.29, 0.717) is 4.90 Å². The lowest BCUT2D eigenvalue weighted by Gasteiger charge is -2.19. The van der Waals surface area contributed by atoms with Gasteiger partial charge in [0.2, 0.25) is 0 Å². The Morgan fingerprint density at radius 1 is 1.24 bits per heavy atom. The lowest BCUT2D eigenvalue weighted by atomic mass is 10.6. The van der Waals surface area contributed by atoms with Crippen LogP contribution in [0, 0.1) is 30.1 Å². The first kappa shape index (κ1) is 14.3. The number of imide groups is 1. The highest BCUT2D eigenvalue weighted by Gasteiger charge is 2.26. The van der Waals surface area contributed by atoms with Crippen molar-refractivity contribution in [1.82, 2.24) is 15.5 Å². The van der Waals surface area contributed by atoms with E-state index in [-0.39, 0.29) is 13.1 Å². The molecule has 0 aromatic rings. The number of ether oxygens (including phenoxy) is 1. The highest BCUT2D eigenvalue weighted by molar-refractivity contribution is 6.08. The smallest absolute Gasteiger partial charge is 0.334 e. The molecule has 17 heavy (non-hydrogen) atoms. The summed E-state index contributed by atoms with van der Waals surface area (Å²) < 4.78 is 4.50. The summed E-state index contributed by atoms with van der Waals surface area (Å²) in [6, 6.07) is -2.39. The minimum Gasteiger partial charge on any atom is -0.468 e. The molecule has 0 fully saturated rings. The fourth-order valence-electron chi connectivity index (χ4n) is 0.779. The lowest BCUT2D eigenvalue weighted by molar-refractivity contribution is 0.195. The topological polar surface area (TPSA) is 94.5 Å². The van der Waals surface area contributed by atoms with Gasteiger partial charge >= 0.3 is 18.1 Å². The number of rotatable bonds is 2. The number of urea groups is 2. The molecule has 0 aliphatic heterocycles. The zero-order valence-corrected chi connectivity index (χ0v) is 9.24. The molecule has 0 bridgehead atoms. The van der Waals surface area contributed by atoms with E-state index in [2.05, 4.69) is 27.2 Å². The van der Waals surface area contributed by atoms with Crippen molar-refractivity contribution in [3.8, 4) is 24.7 Å². The van der Waals surface area contributed by atoms with E-state index in [1.807, 2.05) is 0 Å². The molecule has 0 aromatic carbocycles. The third kappa shape index (κ3) is 4.58.